The number of aromatic nitrogens is 1. The van der Waals surface area contributed by atoms with Crippen LogP contribution in [0.15, 0.2) is 36.4 Å². The summed E-state index contributed by atoms with van der Waals surface area (Å²) in [6.45, 7) is 6.30. The number of benzene rings is 2. The molecule has 0 saturated heterocycles. The number of nitrogens with one attached hydrogen (secondary N) is 1. The van der Waals surface area contributed by atoms with Crippen LogP contribution in [0, 0.1) is 13.8 Å². The molecule has 1 aromatic heterocycles. The largest absolute Gasteiger partial charge is 0.397 e. The van der Waals surface area contributed by atoms with Gasteiger partial charge < -0.3 is 11.1 Å². The zero-order chi connectivity index (χ0) is 15.0. The molecule has 2 aromatic carbocycles. The summed E-state index contributed by atoms with van der Waals surface area (Å²) in [6.07, 6.45) is 0. The van der Waals surface area contributed by atoms with Gasteiger partial charge in [-0.25, -0.2) is 4.98 Å². The summed E-state index contributed by atoms with van der Waals surface area (Å²) in [5, 5.41) is 4.57. The Balaban J connectivity index is 1.94. The smallest absolute Gasteiger partial charge is 0.0907 e. The monoisotopic (exact) mass is 297 g/mol. The van der Waals surface area contributed by atoms with E-state index in [1.807, 2.05) is 19.1 Å². The topological polar surface area (TPSA) is 50.9 Å². The van der Waals surface area contributed by atoms with Crippen molar-refractivity contribution in [3.8, 4) is 0 Å². The van der Waals surface area contributed by atoms with Crippen molar-refractivity contribution in [3.05, 3.63) is 52.5 Å². The van der Waals surface area contributed by atoms with Gasteiger partial charge in [0.15, 0.2) is 0 Å². The Morgan fingerprint density at radius 2 is 1.95 bits per heavy atom. The van der Waals surface area contributed by atoms with E-state index in [4.69, 9.17) is 5.73 Å². The number of hydrogen-bond donors (Lipinski definition) is 2. The molecule has 3 nitrogen and oxygen atoms in total. The normalized spacial score (nSPS) is 12.5. The molecule has 0 aliphatic carbocycles. The highest BCUT2D eigenvalue weighted by Crippen LogP contribution is 2.32. The SMILES string of the molecule is Cc1nc2cc(NC(C)c3ccccc3C)c(N)cc2s1. The molecule has 4 heteroatoms. The van der Waals surface area contributed by atoms with Crippen molar-refractivity contribution >= 4 is 32.9 Å². The lowest BCUT2D eigenvalue weighted by Gasteiger charge is -2.19. The number of aryl methyl sites for hydroxylation is 2. The van der Waals surface area contributed by atoms with Gasteiger partial charge >= 0.3 is 0 Å². The first kappa shape index (κ1) is 13.9. The molecular formula is C17H19N3S. The number of nitrogens with zero attached hydrogens (tertiary/aromatic N) is 1. The predicted molar refractivity (Wildman–Crippen MR) is 92.0 cm³/mol. The first-order valence-corrected chi connectivity index (χ1v) is 7.85. The Labute approximate surface area is 128 Å². The summed E-state index contributed by atoms with van der Waals surface area (Å²) in [7, 11) is 0. The summed E-state index contributed by atoms with van der Waals surface area (Å²) in [5.74, 6) is 0. The van der Waals surface area contributed by atoms with Crippen molar-refractivity contribution in [2.24, 2.45) is 0 Å². The second kappa shape index (κ2) is 5.37. The van der Waals surface area contributed by atoms with Gasteiger partial charge in [0.05, 0.1) is 26.6 Å². The van der Waals surface area contributed by atoms with E-state index in [0.29, 0.717) is 0 Å². The van der Waals surface area contributed by atoms with Gasteiger partial charge in [0.25, 0.3) is 0 Å². The van der Waals surface area contributed by atoms with E-state index >= 15 is 0 Å². The number of anilines is 2. The van der Waals surface area contributed by atoms with Crippen molar-refractivity contribution in [1.82, 2.24) is 4.98 Å². The molecule has 0 fully saturated rings. The van der Waals surface area contributed by atoms with E-state index < -0.39 is 0 Å². The van der Waals surface area contributed by atoms with Crippen LogP contribution in [0.2, 0.25) is 0 Å². The number of nitrogens with two attached hydrogens (primary N) is 1. The van der Waals surface area contributed by atoms with Crippen LogP contribution >= 0.6 is 11.3 Å². The van der Waals surface area contributed by atoms with Gasteiger partial charge in [-0.05, 0) is 44.0 Å². The zero-order valence-corrected chi connectivity index (χ0v) is 13.3. The van der Waals surface area contributed by atoms with Gasteiger partial charge in [-0.3, -0.25) is 0 Å². The molecule has 0 amide bonds. The Morgan fingerprint density at radius 1 is 1.19 bits per heavy atom. The van der Waals surface area contributed by atoms with Crippen molar-refractivity contribution < 1.29 is 0 Å². The average molecular weight is 297 g/mol. The lowest BCUT2D eigenvalue weighted by Crippen LogP contribution is -2.09. The maximum Gasteiger partial charge on any atom is 0.0907 e. The number of nitrogen functional groups attached to an aromatic ring is 1. The van der Waals surface area contributed by atoms with Crippen LogP contribution in [0.4, 0.5) is 11.4 Å². The molecule has 1 atom stereocenters. The summed E-state index contributed by atoms with van der Waals surface area (Å²) in [4.78, 5) is 4.54. The second-order valence-electron chi connectivity index (χ2n) is 5.36. The minimum absolute atomic E-state index is 0.200. The second-order valence-corrected chi connectivity index (χ2v) is 6.60. The highest BCUT2D eigenvalue weighted by atomic mass is 32.1. The molecule has 0 aliphatic heterocycles. The van der Waals surface area contributed by atoms with Crippen LogP contribution in [-0.2, 0) is 0 Å². The molecule has 3 N–H and O–H groups in total. The molecule has 108 valence electrons. The first-order chi connectivity index (χ1) is 10.0. The van der Waals surface area contributed by atoms with Gasteiger partial charge in [0.1, 0.15) is 0 Å². The minimum Gasteiger partial charge on any atom is -0.397 e. The summed E-state index contributed by atoms with van der Waals surface area (Å²) >= 11 is 1.67. The van der Waals surface area contributed by atoms with E-state index in [0.717, 1.165) is 26.6 Å². The fourth-order valence-electron chi connectivity index (χ4n) is 2.61. The highest BCUT2D eigenvalue weighted by molar-refractivity contribution is 7.18. The lowest BCUT2D eigenvalue weighted by atomic mass is 10.0. The van der Waals surface area contributed by atoms with E-state index in [9.17, 15) is 0 Å². The van der Waals surface area contributed by atoms with Crippen LogP contribution < -0.4 is 11.1 Å². The van der Waals surface area contributed by atoms with Gasteiger partial charge in [-0.1, -0.05) is 24.3 Å². The maximum atomic E-state index is 6.18. The standard InChI is InChI=1S/C17H19N3S/c1-10-6-4-5-7-13(10)11(2)19-15-9-16-17(8-14(15)18)21-12(3)20-16/h4-9,11,19H,18H2,1-3H3. The Hall–Kier alpha value is -2.07. The molecule has 1 heterocycles. The molecule has 21 heavy (non-hydrogen) atoms. The molecule has 0 radical (unpaired) electrons. The molecule has 3 aromatic rings. The molecule has 1 unspecified atom stereocenters. The quantitative estimate of drug-likeness (QED) is 0.691. The predicted octanol–water partition coefficient (Wildman–Crippen LogP) is 4.67. The summed E-state index contributed by atoms with van der Waals surface area (Å²) in [6, 6.07) is 12.7. The van der Waals surface area contributed by atoms with Gasteiger partial charge in [-0.15, -0.1) is 11.3 Å². The summed E-state index contributed by atoms with van der Waals surface area (Å²) < 4.78 is 1.14. The van der Waals surface area contributed by atoms with E-state index in [1.165, 1.54) is 11.1 Å². The fraction of sp³-hybridized carbons (Fsp3) is 0.235. The number of rotatable bonds is 3. The van der Waals surface area contributed by atoms with Gasteiger partial charge in [0, 0.05) is 6.04 Å². The molecule has 3 rings (SSSR count). The van der Waals surface area contributed by atoms with Crippen molar-refractivity contribution in [2.45, 2.75) is 26.8 Å². The Morgan fingerprint density at radius 3 is 2.71 bits per heavy atom. The molecule has 0 spiro atoms. The number of thiazole rings is 1. The van der Waals surface area contributed by atoms with Crippen LogP contribution in [-0.4, -0.2) is 4.98 Å². The van der Waals surface area contributed by atoms with Crippen LogP contribution in [0.5, 0.6) is 0 Å². The lowest BCUT2D eigenvalue weighted by molar-refractivity contribution is 0.875. The van der Waals surface area contributed by atoms with Crippen molar-refractivity contribution in [3.63, 3.8) is 0 Å². The van der Waals surface area contributed by atoms with Gasteiger partial charge in [-0.2, -0.15) is 0 Å². The highest BCUT2D eigenvalue weighted by Gasteiger charge is 2.11. The molecular weight excluding hydrogens is 278 g/mol. The van der Waals surface area contributed by atoms with E-state index in [1.54, 1.807) is 11.3 Å². The van der Waals surface area contributed by atoms with Crippen molar-refractivity contribution in [1.29, 1.82) is 0 Å². The third-order valence-corrected chi connectivity index (χ3v) is 4.63. The van der Waals surface area contributed by atoms with E-state index in [-0.39, 0.29) is 6.04 Å². The van der Waals surface area contributed by atoms with Crippen LogP contribution in [0.3, 0.4) is 0 Å². The maximum absolute atomic E-state index is 6.18. The number of fused-ring (bicyclic) bond motifs is 1. The van der Waals surface area contributed by atoms with Crippen LogP contribution in [0.1, 0.15) is 29.1 Å². The fourth-order valence-corrected chi connectivity index (χ4v) is 3.47. The Kier molecular flexibility index (Phi) is 3.55. The molecule has 0 bridgehead atoms. The molecule has 0 aliphatic rings. The van der Waals surface area contributed by atoms with E-state index in [2.05, 4.69) is 48.4 Å². The van der Waals surface area contributed by atoms with Gasteiger partial charge in [0.2, 0.25) is 0 Å². The average Bonchev–Trinajstić information content (AvgIpc) is 2.78. The zero-order valence-electron chi connectivity index (χ0n) is 12.5. The third-order valence-electron chi connectivity index (χ3n) is 3.69. The first-order valence-electron chi connectivity index (χ1n) is 7.03. The van der Waals surface area contributed by atoms with Crippen LogP contribution in [0.25, 0.3) is 10.2 Å². The minimum atomic E-state index is 0.200. The third kappa shape index (κ3) is 2.72. The molecule has 0 saturated carbocycles. The summed E-state index contributed by atoms with van der Waals surface area (Å²) in [5.41, 5.74) is 11.5. The van der Waals surface area contributed by atoms with Crippen molar-refractivity contribution in [2.75, 3.05) is 11.1 Å². The Bertz CT molecular complexity index is 792. The number of hydrogen-bond acceptors (Lipinski definition) is 4.